The standard InChI is InChI=1S/C33H26N2O4/c1-21-3-13-29-25(15-21)19-33(31(29)17-23-5-9-27(10-6-23)34(36)37)20-26-16-22(2)4-14-30(26)32(33)18-24-7-11-28(12-8-24)35(38)39/h3-18H,19-20H2,1-2H3/b31-17+,32-18+. The molecule has 0 bridgehead atoms. The molecule has 0 saturated heterocycles. The van der Waals surface area contributed by atoms with Crippen LogP contribution in [-0.4, -0.2) is 9.85 Å². The molecular weight excluding hydrogens is 488 g/mol. The Morgan fingerprint density at radius 1 is 0.615 bits per heavy atom. The van der Waals surface area contributed by atoms with Crippen molar-refractivity contribution in [2.75, 3.05) is 0 Å². The van der Waals surface area contributed by atoms with Crippen LogP contribution in [0.25, 0.3) is 23.3 Å². The normalized spacial score (nSPS) is 19.4. The maximum absolute atomic E-state index is 11.2. The predicted octanol–water partition coefficient (Wildman–Crippen LogP) is 8.00. The molecule has 6 nitrogen and oxygen atoms in total. The van der Waals surface area contributed by atoms with Crippen LogP contribution in [0.4, 0.5) is 11.4 Å². The second-order valence-electron chi connectivity index (χ2n) is 10.6. The molecule has 0 saturated carbocycles. The average Bonchev–Trinajstić information content (AvgIpc) is 3.37. The molecule has 0 unspecified atom stereocenters. The van der Waals surface area contributed by atoms with Gasteiger partial charge in [-0.25, -0.2) is 0 Å². The minimum absolute atomic E-state index is 0.0665. The van der Waals surface area contributed by atoms with Gasteiger partial charge in [-0.15, -0.1) is 0 Å². The third-order valence-electron chi connectivity index (χ3n) is 7.95. The lowest BCUT2D eigenvalue weighted by Gasteiger charge is -2.29. The number of allylic oxidation sites excluding steroid dienone is 2. The molecule has 1 spiro atoms. The number of nitrogens with zero attached hydrogens (tertiary/aromatic N) is 2. The minimum Gasteiger partial charge on any atom is -0.258 e. The van der Waals surface area contributed by atoms with Gasteiger partial charge < -0.3 is 0 Å². The van der Waals surface area contributed by atoms with Gasteiger partial charge in [-0.05, 0) is 95.5 Å². The molecule has 2 aliphatic carbocycles. The number of nitro groups is 2. The van der Waals surface area contributed by atoms with Crippen LogP contribution in [0.3, 0.4) is 0 Å². The Hall–Kier alpha value is -4.84. The monoisotopic (exact) mass is 514 g/mol. The van der Waals surface area contributed by atoms with E-state index in [1.165, 1.54) is 44.5 Å². The van der Waals surface area contributed by atoms with E-state index in [4.69, 9.17) is 0 Å². The lowest BCUT2D eigenvalue weighted by Crippen LogP contribution is -2.20. The van der Waals surface area contributed by atoms with Crippen molar-refractivity contribution in [1.29, 1.82) is 0 Å². The topological polar surface area (TPSA) is 86.3 Å². The summed E-state index contributed by atoms with van der Waals surface area (Å²) in [5.74, 6) is 0. The van der Waals surface area contributed by atoms with Gasteiger partial charge in [0, 0.05) is 29.7 Å². The van der Waals surface area contributed by atoms with Gasteiger partial charge in [-0.3, -0.25) is 20.2 Å². The first-order valence-corrected chi connectivity index (χ1v) is 12.9. The average molecular weight is 515 g/mol. The fourth-order valence-electron chi connectivity index (χ4n) is 6.17. The number of aryl methyl sites for hydroxylation is 2. The Labute approximate surface area is 226 Å². The highest BCUT2D eigenvalue weighted by molar-refractivity contribution is 6.04. The van der Waals surface area contributed by atoms with Crippen LogP contribution in [-0.2, 0) is 12.8 Å². The van der Waals surface area contributed by atoms with Gasteiger partial charge in [0.25, 0.3) is 11.4 Å². The Balaban J connectivity index is 1.57. The van der Waals surface area contributed by atoms with E-state index in [0.29, 0.717) is 0 Å². The molecule has 0 aromatic heterocycles. The molecule has 0 aliphatic heterocycles. The fraction of sp³-hybridized carbons (Fsp3) is 0.152. The quantitative estimate of drug-likeness (QED) is 0.204. The number of benzene rings is 4. The largest absolute Gasteiger partial charge is 0.269 e. The minimum atomic E-state index is -0.382. The summed E-state index contributed by atoms with van der Waals surface area (Å²) in [4.78, 5) is 21.7. The van der Waals surface area contributed by atoms with E-state index in [1.807, 2.05) is 0 Å². The van der Waals surface area contributed by atoms with Crippen molar-refractivity contribution < 1.29 is 9.85 Å². The van der Waals surface area contributed by atoms with Gasteiger partial charge in [-0.1, -0.05) is 59.7 Å². The molecule has 0 fully saturated rings. The summed E-state index contributed by atoms with van der Waals surface area (Å²) in [6, 6.07) is 26.5. The highest BCUT2D eigenvalue weighted by Crippen LogP contribution is 2.61. The first-order chi connectivity index (χ1) is 18.7. The molecule has 0 N–H and O–H groups in total. The third kappa shape index (κ3) is 4.24. The molecule has 0 amide bonds. The van der Waals surface area contributed by atoms with Crippen molar-refractivity contribution in [1.82, 2.24) is 0 Å². The van der Waals surface area contributed by atoms with Crippen LogP contribution in [0.2, 0.25) is 0 Å². The molecule has 192 valence electrons. The van der Waals surface area contributed by atoms with Crippen LogP contribution >= 0.6 is 0 Å². The first kappa shape index (κ1) is 24.5. The first-order valence-electron chi connectivity index (χ1n) is 12.9. The second kappa shape index (κ2) is 9.17. The zero-order valence-corrected chi connectivity index (χ0v) is 21.7. The number of hydrogen-bond donors (Lipinski definition) is 0. The van der Waals surface area contributed by atoms with Gasteiger partial charge in [0.1, 0.15) is 0 Å². The highest BCUT2D eigenvalue weighted by atomic mass is 16.6. The number of fused-ring (bicyclic) bond motifs is 2. The Morgan fingerprint density at radius 2 is 1.00 bits per heavy atom. The molecule has 4 aromatic rings. The number of rotatable bonds is 4. The molecule has 39 heavy (non-hydrogen) atoms. The summed E-state index contributed by atoms with van der Waals surface area (Å²) in [5, 5.41) is 22.5. The predicted molar refractivity (Wildman–Crippen MR) is 154 cm³/mol. The van der Waals surface area contributed by atoms with Crippen LogP contribution in [0.1, 0.15) is 44.5 Å². The van der Waals surface area contributed by atoms with Crippen LogP contribution in [0.5, 0.6) is 0 Å². The summed E-state index contributed by atoms with van der Waals surface area (Å²) >= 11 is 0. The van der Waals surface area contributed by atoms with Gasteiger partial charge in [0.2, 0.25) is 0 Å². The van der Waals surface area contributed by atoms with Gasteiger partial charge in [0.05, 0.1) is 9.85 Å². The van der Waals surface area contributed by atoms with Gasteiger partial charge in [0.15, 0.2) is 0 Å². The smallest absolute Gasteiger partial charge is 0.258 e. The van der Waals surface area contributed by atoms with E-state index in [1.54, 1.807) is 48.5 Å². The highest BCUT2D eigenvalue weighted by Gasteiger charge is 2.49. The van der Waals surface area contributed by atoms with Crippen molar-refractivity contribution in [3.05, 3.63) is 150 Å². The second-order valence-corrected chi connectivity index (χ2v) is 10.6. The van der Waals surface area contributed by atoms with Crippen molar-refractivity contribution >= 4 is 34.7 Å². The van der Waals surface area contributed by atoms with Crippen molar-refractivity contribution in [3.63, 3.8) is 0 Å². The van der Waals surface area contributed by atoms with E-state index in [-0.39, 0.29) is 26.6 Å². The zero-order chi connectivity index (χ0) is 27.3. The zero-order valence-electron chi connectivity index (χ0n) is 21.7. The van der Waals surface area contributed by atoms with E-state index >= 15 is 0 Å². The Kier molecular flexibility index (Phi) is 5.76. The lowest BCUT2D eigenvalue weighted by molar-refractivity contribution is -0.385. The summed E-state index contributed by atoms with van der Waals surface area (Å²) in [6.07, 6.45) is 6.01. The molecule has 4 aromatic carbocycles. The summed E-state index contributed by atoms with van der Waals surface area (Å²) in [7, 11) is 0. The SMILES string of the molecule is Cc1ccc2c(c1)CC1(Cc3cc(C)ccc3/C1=C\c1ccc([N+](=O)[O-])cc1)/C2=C/c1ccc([N+](=O)[O-])cc1. The van der Waals surface area contributed by atoms with E-state index in [2.05, 4.69) is 62.4 Å². The molecule has 2 aliphatic rings. The van der Waals surface area contributed by atoms with E-state index < -0.39 is 0 Å². The van der Waals surface area contributed by atoms with Crippen LogP contribution in [0, 0.1) is 39.5 Å². The van der Waals surface area contributed by atoms with Crippen molar-refractivity contribution in [2.45, 2.75) is 26.7 Å². The molecule has 0 atom stereocenters. The molecular formula is C33H26N2O4. The lowest BCUT2D eigenvalue weighted by atomic mass is 9.73. The molecule has 0 radical (unpaired) electrons. The number of non-ortho nitro benzene ring substituents is 2. The molecule has 6 heteroatoms. The number of hydrogen-bond acceptors (Lipinski definition) is 4. The summed E-state index contributed by atoms with van der Waals surface area (Å²) < 4.78 is 0. The van der Waals surface area contributed by atoms with Crippen molar-refractivity contribution in [3.8, 4) is 0 Å². The molecule has 0 heterocycles. The van der Waals surface area contributed by atoms with Crippen LogP contribution in [0.15, 0.2) is 84.9 Å². The van der Waals surface area contributed by atoms with Gasteiger partial charge in [-0.2, -0.15) is 0 Å². The molecule has 6 rings (SSSR count). The Morgan fingerprint density at radius 3 is 1.36 bits per heavy atom. The van der Waals surface area contributed by atoms with E-state index in [9.17, 15) is 20.2 Å². The maximum atomic E-state index is 11.2. The fourth-order valence-corrected chi connectivity index (χ4v) is 6.17. The third-order valence-corrected chi connectivity index (χ3v) is 7.95. The Bertz CT molecular complexity index is 1590. The summed E-state index contributed by atoms with van der Waals surface area (Å²) in [5.41, 5.74) is 11.3. The van der Waals surface area contributed by atoms with Crippen molar-refractivity contribution in [2.24, 2.45) is 5.41 Å². The maximum Gasteiger partial charge on any atom is 0.269 e. The van der Waals surface area contributed by atoms with E-state index in [0.717, 1.165) is 24.0 Å². The van der Waals surface area contributed by atoms with Crippen LogP contribution < -0.4 is 0 Å². The number of nitro benzene ring substituents is 2. The van der Waals surface area contributed by atoms with Gasteiger partial charge >= 0.3 is 0 Å². The summed E-state index contributed by atoms with van der Waals surface area (Å²) in [6.45, 7) is 4.21.